The summed E-state index contributed by atoms with van der Waals surface area (Å²) in [5, 5.41) is 13.3. The van der Waals surface area contributed by atoms with Crippen LogP contribution in [0.5, 0.6) is 0 Å². The van der Waals surface area contributed by atoms with Crippen LogP contribution in [-0.2, 0) is 17.5 Å². The fourth-order valence-electron chi connectivity index (χ4n) is 3.03. The van der Waals surface area contributed by atoms with E-state index < -0.39 is 47.5 Å². The summed E-state index contributed by atoms with van der Waals surface area (Å²) in [7, 11) is 0. The van der Waals surface area contributed by atoms with Gasteiger partial charge in [-0.1, -0.05) is 6.92 Å². The van der Waals surface area contributed by atoms with Crippen LogP contribution < -0.4 is 5.69 Å². The molecule has 1 N–H and O–H groups in total. The minimum Gasteiger partial charge on any atom is -0.480 e. The van der Waals surface area contributed by atoms with Crippen molar-refractivity contribution in [3.05, 3.63) is 45.6 Å². The van der Waals surface area contributed by atoms with Crippen LogP contribution in [0.4, 0.5) is 17.6 Å². The molecule has 1 aliphatic heterocycles. The molecule has 2 unspecified atom stereocenters. The van der Waals surface area contributed by atoms with E-state index in [0.717, 1.165) is 21.5 Å². The summed E-state index contributed by atoms with van der Waals surface area (Å²) in [6.45, 7) is 1.20. The predicted molar refractivity (Wildman–Crippen MR) is 79.1 cm³/mol. The average Bonchev–Trinajstić information content (AvgIpc) is 2.86. The zero-order valence-electron chi connectivity index (χ0n) is 13.5. The molecule has 0 bridgehead atoms. The number of carbonyl (C=O) groups is 1. The van der Waals surface area contributed by atoms with Gasteiger partial charge < -0.3 is 5.11 Å². The van der Waals surface area contributed by atoms with E-state index in [1.807, 2.05) is 0 Å². The number of carboxylic acids is 1. The number of carboxylic acid groups (broad SMARTS) is 1. The highest BCUT2D eigenvalue weighted by atomic mass is 19.4. The van der Waals surface area contributed by atoms with Crippen LogP contribution in [0.3, 0.4) is 0 Å². The maximum Gasteiger partial charge on any atom is 0.436 e. The van der Waals surface area contributed by atoms with Gasteiger partial charge in [-0.15, -0.1) is 0 Å². The molecule has 0 saturated carbocycles. The molecule has 7 nitrogen and oxygen atoms in total. The van der Waals surface area contributed by atoms with Gasteiger partial charge in [0.1, 0.15) is 11.9 Å². The largest absolute Gasteiger partial charge is 0.480 e. The summed E-state index contributed by atoms with van der Waals surface area (Å²) in [5.74, 6) is -2.76. The second-order valence-corrected chi connectivity index (χ2v) is 6.13. The van der Waals surface area contributed by atoms with Gasteiger partial charge in [-0.2, -0.15) is 18.3 Å². The zero-order chi connectivity index (χ0) is 19.2. The smallest absolute Gasteiger partial charge is 0.436 e. The van der Waals surface area contributed by atoms with E-state index >= 15 is 0 Å². The Morgan fingerprint density at radius 1 is 1.38 bits per heavy atom. The van der Waals surface area contributed by atoms with Crippen molar-refractivity contribution < 1.29 is 27.5 Å². The molecule has 0 amide bonds. The quantitative estimate of drug-likeness (QED) is 0.832. The molecule has 2 aromatic heterocycles. The van der Waals surface area contributed by atoms with Gasteiger partial charge in [0, 0.05) is 17.7 Å². The second-order valence-electron chi connectivity index (χ2n) is 6.13. The van der Waals surface area contributed by atoms with Crippen molar-refractivity contribution in [1.29, 1.82) is 0 Å². The van der Waals surface area contributed by atoms with E-state index in [-0.39, 0.29) is 18.2 Å². The van der Waals surface area contributed by atoms with Gasteiger partial charge in [-0.05, 0) is 18.9 Å². The number of aromatic nitrogens is 4. The van der Waals surface area contributed by atoms with Crippen molar-refractivity contribution in [2.75, 3.05) is 0 Å². The van der Waals surface area contributed by atoms with E-state index in [1.54, 1.807) is 6.92 Å². The van der Waals surface area contributed by atoms with Crippen LogP contribution in [0.1, 0.15) is 48.8 Å². The molecule has 11 heteroatoms. The van der Waals surface area contributed by atoms with Gasteiger partial charge in [-0.25, -0.2) is 23.6 Å². The minimum atomic E-state index is -4.97. The summed E-state index contributed by atoms with van der Waals surface area (Å²) in [4.78, 5) is 26.9. The molecule has 2 atom stereocenters. The van der Waals surface area contributed by atoms with Crippen molar-refractivity contribution in [2.45, 2.75) is 44.4 Å². The van der Waals surface area contributed by atoms with Crippen molar-refractivity contribution in [3.8, 4) is 0 Å². The molecule has 26 heavy (non-hydrogen) atoms. The highest BCUT2D eigenvalue weighted by Gasteiger charge is 2.37. The molecular weight excluding hydrogens is 360 g/mol. The molecule has 3 heterocycles. The third kappa shape index (κ3) is 2.97. The second kappa shape index (κ2) is 6.22. The lowest BCUT2D eigenvalue weighted by atomic mass is 9.96. The van der Waals surface area contributed by atoms with E-state index in [1.165, 1.54) is 0 Å². The maximum atomic E-state index is 14.1. The fraction of sp³-hybridized carbons (Fsp3) is 0.467. The maximum absolute atomic E-state index is 14.1. The van der Waals surface area contributed by atoms with Gasteiger partial charge in [0.25, 0.3) is 0 Å². The first-order chi connectivity index (χ1) is 12.1. The molecule has 0 aliphatic carbocycles. The van der Waals surface area contributed by atoms with Crippen LogP contribution in [-0.4, -0.2) is 30.4 Å². The molecular formula is C15H14F4N4O3. The van der Waals surface area contributed by atoms with Crippen LogP contribution in [0.15, 0.2) is 17.1 Å². The SMILES string of the molecule is CC1CCC(C(=O)O)n2c1nn(Cc1ccnc(C(F)(F)F)c1F)c2=O. The fourth-order valence-corrected chi connectivity index (χ4v) is 3.03. The Labute approximate surface area is 143 Å². The highest BCUT2D eigenvalue weighted by molar-refractivity contribution is 5.72. The van der Waals surface area contributed by atoms with Gasteiger partial charge >= 0.3 is 17.8 Å². The lowest BCUT2D eigenvalue weighted by Gasteiger charge is -2.23. The van der Waals surface area contributed by atoms with Crippen molar-refractivity contribution in [2.24, 2.45) is 0 Å². The summed E-state index contributed by atoms with van der Waals surface area (Å²) in [6.07, 6.45) is -3.45. The number of hydrogen-bond acceptors (Lipinski definition) is 4. The summed E-state index contributed by atoms with van der Waals surface area (Å²) < 4.78 is 54.2. The first kappa shape index (κ1) is 18.1. The van der Waals surface area contributed by atoms with Crippen molar-refractivity contribution in [3.63, 3.8) is 0 Å². The standard InChI is InChI=1S/C15H14F4N4O3/c1-7-2-3-9(13(24)25)23-12(7)21-22(14(23)26)6-8-4-5-20-11(10(8)16)15(17,18)19/h4-5,7,9H,2-3,6H2,1H3,(H,24,25). The Bertz CT molecular complexity index is 919. The van der Waals surface area contributed by atoms with Gasteiger partial charge in [-0.3, -0.25) is 4.57 Å². The van der Waals surface area contributed by atoms with E-state index in [2.05, 4.69) is 10.1 Å². The molecule has 0 aromatic carbocycles. The third-order valence-corrected chi connectivity index (χ3v) is 4.37. The summed E-state index contributed by atoms with van der Waals surface area (Å²) in [6, 6.07) is -0.0801. The van der Waals surface area contributed by atoms with E-state index in [9.17, 15) is 32.3 Å². The third-order valence-electron chi connectivity index (χ3n) is 4.37. The Morgan fingerprint density at radius 2 is 2.08 bits per heavy atom. The number of rotatable bonds is 3. The normalized spacial score (nSPS) is 20.0. The van der Waals surface area contributed by atoms with Gasteiger partial charge in [0.15, 0.2) is 11.5 Å². The minimum absolute atomic E-state index is 0.201. The average molecular weight is 374 g/mol. The molecule has 0 saturated heterocycles. The van der Waals surface area contributed by atoms with Crippen LogP contribution in [0.2, 0.25) is 0 Å². The molecule has 140 valence electrons. The zero-order valence-corrected chi connectivity index (χ0v) is 13.5. The van der Waals surface area contributed by atoms with Crippen molar-refractivity contribution in [1.82, 2.24) is 19.3 Å². The molecule has 2 aromatic rings. The number of hydrogen-bond donors (Lipinski definition) is 1. The number of alkyl halides is 3. The monoisotopic (exact) mass is 374 g/mol. The molecule has 3 rings (SSSR count). The van der Waals surface area contributed by atoms with Gasteiger partial charge in [0.2, 0.25) is 0 Å². The first-order valence-electron chi connectivity index (χ1n) is 7.74. The van der Waals surface area contributed by atoms with Crippen molar-refractivity contribution >= 4 is 5.97 Å². The van der Waals surface area contributed by atoms with Crippen LogP contribution >= 0.6 is 0 Å². The molecule has 1 aliphatic rings. The lowest BCUT2D eigenvalue weighted by Crippen LogP contribution is -2.35. The number of aliphatic carboxylic acids is 1. The number of halogens is 4. The van der Waals surface area contributed by atoms with Gasteiger partial charge in [0.05, 0.1) is 6.54 Å². The Morgan fingerprint density at radius 3 is 2.69 bits per heavy atom. The number of pyridine rings is 1. The predicted octanol–water partition coefficient (Wildman–Crippen LogP) is 2.17. The van der Waals surface area contributed by atoms with Crippen LogP contribution in [0, 0.1) is 5.82 Å². The number of fused-ring (bicyclic) bond motifs is 1. The highest BCUT2D eigenvalue weighted by Crippen LogP contribution is 2.32. The van der Waals surface area contributed by atoms with E-state index in [0.29, 0.717) is 6.42 Å². The van der Waals surface area contributed by atoms with Crippen LogP contribution in [0.25, 0.3) is 0 Å². The van der Waals surface area contributed by atoms with E-state index in [4.69, 9.17) is 0 Å². The Kier molecular flexibility index (Phi) is 4.32. The summed E-state index contributed by atoms with van der Waals surface area (Å²) >= 11 is 0. The molecule has 0 spiro atoms. The molecule has 0 fully saturated rings. The Balaban J connectivity index is 2.05. The topological polar surface area (TPSA) is 90.0 Å². The lowest BCUT2D eigenvalue weighted by molar-refractivity contribution is -0.144. The number of nitrogens with zero attached hydrogens (tertiary/aromatic N) is 4. The summed E-state index contributed by atoms with van der Waals surface area (Å²) in [5.41, 5.74) is -2.89. The molecule has 0 radical (unpaired) electrons. The Hall–Kier alpha value is -2.72. The first-order valence-corrected chi connectivity index (χ1v) is 7.74.